The smallest absolute Gasteiger partial charge is 0.294 e. The molecule has 5 rings (SSSR count). The van der Waals surface area contributed by atoms with Crippen molar-refractivity contribution in [3.63, 3.8) is 0 Å². The summed E-state index contributed by atoms with van der Waals surface area (Å²) >= 11 is 8.10. The Morgan fingerprint density at radius 3 is 2.60 bits per heavy atom. The third-order valence-corrected chi connectivity index (χ3v) is 7.23. The summed E-state index contributed by atoms with van der Waals surface area (Å²) in [6.45, 7) is -0.374. The third-order valence-electron chi connectivity index (χ3n) is 5.15. The van der Waals surface area contributed by atoms with Gasteiger partial charge in [-0.1, -0.05) is 59.8 Å². The number of carbonyl (C=O) groups is 3. The van der Waals surface area contributed by atoms with Gasteiger partial charge in [-0.15, -0.1) is 0 Å². The second kappa shape index (κ2) is 10.0. The van der Waals surface area contributed by atoms with Crippen molar-refractivity contribution < 1.29 is 18.8 Å². The molecule has 1 N–H and O–H groups in total. The number of furan rings is 1. The van der Waals surface area contributed by atoms with E-state index >= 15 is 0 Å². The van der Waals surface area contributed by atoms with E-state index in [2.05, 4.69) is 5.32 Å². The standard InChI is InChI=1S/C26H17ClN2O4S2/c27-17-8-11-19(12-9-17)34-24-13-10-18(33-24)14-22-25(31)29(26(32)35-22)15-23(30)28-21-7-3-5-16-4-1-2-6-20(16)21/h1-14H,15H2,(H,28,30)/b22-14-. The predicted octanol–water partition coefficient (Wildman–Crippen LogP) is 6.91. The lowest BCUT2D eigenvalue weighted by Crippen LogP contribution is -2.36. The second-order valence-electron chi connectivity index (χ2n) is 7.56. The van der Waals surface area contributed by atoms with Crippen molar-refractivity contribution in [2.24, 2.45) is 0 Å². The van der Waals surface area contributed by atoms with E-state index < -0.39 is 17.1 Å². The fourth-order valence-corrected chi connectivity index (χ4v) is 5.24. The molecule has 2 heterocycles. The number of rotatable bonds is 6. The summed E-state index contributed by atoms with van der Waals surface area (Å²) in [5, 5.41) is 5.44. The van der Waals surface area contributed by atoms with Gasteiger partial charge in [-0.3, -0.25) is 19.3 Å². The number of fused-ring (bicyclic) bond motifs is 1. The van der Waals surface area contributed by atoms with Crippen molar-refractivity contribution in [3.05, 3.63) is 94.6 Å². The second-order valence-corrected chi connectivity index (χ2v) is 10.1. The summed E-state index contributed by atoms with van der Waals surface area (Å²) < 4.78 is 5.78. The highest BCUT2D eigenvalue weighted by Crippen LogP contribution is 2.35. The molecule has 3 amide bonds. The molecule has 1 aromatic heterocycles. The fourth-order valence-electron chi connectivity index (χ4n) is 3.52. The van der Waals surface area contributed by atoms with Crippen LogP contribution in [0.2, 0.25) is 5.02 Å². The Labute approximate surface area is 214 Å². The monoisotopic (exact) mass is 520 g/mol. The molecule has 4 aromatic rings. The first-order chi connectivity index (χ1) is 17.0. The zero-order chi connectivity index (χ0) is 24.4. The molecule has 0 saturated carbocycles. The van der Waals surface area contributed by atoms with E-state index in [9.17, 15) is 14.4 Å². The van der Waals surface area contributed by atoms with E-state index in [-0.39, 0.29) is 11.4 Å². The van der Waals surface area contributed by atoms with Crippen LogP contribution < -0.4 is 5.32 Å². The van der Waals surface area contributed by atoms with E-state index in [1.165, 1.54) is 17.8 Å². The van der Waals surface area contributed by atoms with Gasteiger partial charge in [-0.05, 0) is 59.6 Å². The molecule has 35 heavy (non-hydrogen) atoms. The van der Waals surface area contributed by atoms with Gasteiger partial charge >= 0.3 is 0 Å². The highest BCUT2D eigenvalue weighted by atomic mass is 35.5. The quantitative estimate of drug-likeness (QED) is 0.278. The molecule has 0 bridgehead atoms. The van der Waals surface area contributed by atoms with Gasteiger partial charge in [0.25, 0.3) is 11.1 Å². The maximum atomic E-state index is 12.8. The van der Waals surface area contributed by atoms with E-state index in [0.717, 1.165) is 32.3 Å². The lowest BCUT2D eigenvalue weighted by Gasteiger charge is -2.13. The summed E-state index contributed by atoms with van der Waals surface area (Å²) in [6.07, 6.45) is 1.51. The molecule has 9 heteroatoms. The van der Waals surface area contributed by atoms with Crippen molar-refractivity contribution >= 4 is 74.7 Å². The molecule has 0 radical (unpaired) electrons. The van der Waals surface area contributed by atoms with Gasteiger partial charge in [0.1, 0.15) is 12.3 Å². The van der Waals surface area contributed by atoms with Crippen LogP contribution in [0.25, 0.3) is 16.8 Å². The Morgan fingerprint density at radius 1 is 1.00 bits per heavy atom. The first kappa shape index (κ1) is 23.3. The molecule has 174 valence electrons. The molecule has 0 spiro atoms. The molecule has 0 aliphatic carbocycles. The molecular formula is C26H17ClN2O4S2. The average molecular weight is 521 g/mol. The molecule has 0 atom stereocenters. The number of amides is 3. The van der Waals surface area contributed by atoms with Crippen LogP contribution >= 0.6 is 35.1 Å². The minimum Gasteiger partial charge on any atom is -0.450 e. The summed E-state index contributed by atoms with van der Waals surface area (Å²) in [5.41, 5.74) is 0.622. The maximum Gasteiger partial charge on any atom is 0.294 e. The number of halogens is 1. The number of nitrogens with one attached hydrogen (secondary N) is 1. The summed E-state index contributed by atoms with van der Waals surface area (Å²) in [4.78, 5) is 40.0. The Hall–Kier alpha value is -3.46. The van der Waals surface area contributed by atoms with Gasteiger partial charge in [0.15, 0.2) is 5.09 Å². The molecular weight excluding hydrogens is 504 g/mol. The Morgan fingerprint density at radius 2 is 1.77 bits per heavy atom. The van der Waals surface area contributed by atoms with Crippen LogP contribution in [0.1, 0.15) is 5.76 Å². The summed E-state index contributed by atoms with van der Waals surface area (Å²) in [6, 6.07) is 24.1. The van der Waals surface area contributed by atoms with Crippen molar-refractivity contribution in [2.75, 3.05) is 11.9 Å². The number of benzene rings is 3. The predicted molar refractivity (Wildman–Crippen MR) is 140 cm³/mol. The van der Waals surface area contributed by atoms with Crippen molar-refractivity contribution in [2.45, 2.75) is 9.99 Å². The van der Waals surface area contributed by atoms with Gasteiger partial charge < -0.3 is 9.73 Å². The van der Waals surface area contributed by atoms with Gasteiger partial charge in [-0.2, -0.15) is 0 Å². The Balaban J connectivity index is 1.25. The number of nitrogens with zero attached hydrogens (tertiary/aromatic N) is 1. The van der Waals surface area contributed by atoms with E-state index in [1.807, 2.05) is 48.5 Å². The first-order valence-electron chi connectivity index (χ1n) is 10.5. The molecule has 1 saturated heterocycles. The normalized spacial score (nSPS) is 14.8. The molecule has 0 unspecified atom stereocenters. The molecule has 1 aliphatic heterocycles. The highest BCUT2D eigenvalue weighted by Gasteiger charge is 2.36. The van der Waals surface area contributed by atoms with Crippen LogP contribution in [0.4, 0.5) is 10.5 Å². The Bertz CT molecular complexity index is 1480. The number of imide groups is 1. The summed E-state index contributed by atoms with van der Waals surface area (Å²) in [5.74, 6) is -0.548. The molecule has 6 nitrogen and oxygen atoms in total. The van der Waals surface area contributed by atoms with E-state index in [0.29, 0.717) is 21.6 Å². The lowest BCUT2D eigenvalue weighted by atomic mass is 10.1. The number of anilines is 1. The van der Waals surface area contributed by atoms with E-state index in [4.69, 9.17) is 16.0 Å². The zero-order valence-electron chi connectivity index (χ0n) is 18.1. The van der Waals surface area contributed by atoms with E-state index in [1.54, 1.807) is 30.3 Å². The maximum absolute atomic E-state index is 12.8. The molecule has 3 aromatic carbocycles. The number of thioether (sulfide) groups is 1. The van der Waals surface area contributed by atoms with Crippen molar-refractivity contribution in [3.8, 4) is 0 Å². The number of hydrogen-bond donors (Lipinski definition) is 1. The van der Waals surface area contributed by atoms with Crippen molar-refractivity contribution in [1.82, 2.24) is 4.90 Å². The highest BCUT2D eigenvalue weighted by molar-refractivity contribution is 8.18. The Kier molecular flexibility index (Phi) is 6.68. The average Bonchev–Trinajstić information content (AvgIpc) is 3.40. The largest absolute Gasteiger partial charge is 0.450 e. The molecule has 1 aliphatic rings. The van der Waals surface area contributed by atoms with Crippen LogP contribution in [-0.4, -0.2) is 28.5 Å². The van der Waals surface area contributed by atoms with Gasteiger partial charge in [0.05, 0.1) is 4.91 Å². The van der Waals surface area contributed by atoms with Crippen LogP contribution in [0.5, 0.6) is 0 Å². The minimum absolute atomic E-state index is 0.199. The van der Waals surface area contributed by atoms with Crippen molar-refractivity contribution in [1.29, 1.82) is 0 Å². The zero-order valence-corrected chi connectivity index (χ0v) is 20.5. The fraction of sp³-hybridized carbons (Fsp3) is 0.0385. The van der Waals surface area contributed by atoms with Gasteiger partial charge in [-0.25, -0.2) is 0 Å². The first-order valence-corrected chi connectivity index (χ1v) is 12.5. The van der Waals surface area contributed by atoms with Crippen LogP contribution in [0.15, 0.2) is 98.2 Å². The SMILES string of the molecule is O=C(CN1C(=O)S/C(=C\c2ccc(Sc3ccc(Cl)cc3)o2)C1=O)Nc1cccc2ccccc12. The topological polar surface area (TPSA) is 79.6 Å². The lowest BCUT2D eigenvalue weighted by molar-refractivity contribution is -0.127. The minimum atomic E-state index is -0.531. The van der Waals surface area contributed by atoms with Crippen LogP contribution in [-0.2, 0) is 9.59 Å². The van der Waals surface area contributed by atoms with Crippen LogP contribution in [0.3, 0.4) is 0 Å². The van der Waals surface area contributed by atoms with Gasteiger partial charge in [0.2, 0.25) is 5.91 Å². The van der Waals surface area contributed by atoms with Gasteiger partial charge in [0, 0.05) is 27.1 Å². The van der Waals surface area contributed by atoms with Crippen LogP contribution in [0, 0.1) is 0 Å². The summed E-state index contributed by atoms with van der Waals surface area (Å²) in [7, 11) is 0. The number of carbonyl (C=O) groups excluding carboxylic acids is 3. The third kappa shape index (κ3) is 5.30. The number of hydrogen-bond acceptors (Lipinski definition) is 6. The molecule has 1 fully saturated rings.